The highest BCUT2D eigenvalue weighted by atomic mass is 32.2. The number of hydrogen-bond donors (Lipinski definition) is 0. The fourth-order valence-corrected chi connectivity index (χ4v) is 3.18. The van der Waals surface area contributed by atoms with Gasteiger partial charge in [0.15, 0.2) is 4.91 Å². The van der Waals surface area contributed by atoms with Crippen LogP contribution in [0, 0.1) is 0 Å². The number of allylic oxidation sites excluding steroid dienone is 1. The second-order valence-electron chi connectivity index (χ2n) is 4.17. The Morgan fingerprint density at radius 3 is 2.05 bits per heavy atom. The number of halogens is 3. The largest absolute Gasteiger partial charge is 0.454 e. The Morgan fingerprint density at radius 2 is 1.68 bits per heavy atom. The maximum Gasteiger partial charge on any atom is 0.454 e. The Hall–Kier alpha value is -1.23. The molecule has 19 heavy (non-hydrogen) atoms. The molecule has 0 aromatic heterocycles. The van der Waals surface area contributed by atoms with Crippen LogP contribution >= 0.6 is 0 Å². The van der Waals surface area contributed by atoms with E-state index < -0.39 is 22.9 Å². The third-order valence-corrected chi connectivity index (χ3v) is 3.90. The first-order valence-corrected chi connectivity index (χ1v) is 7.80. The van der Waals surface area contributed by atoms with E-state index >= 15 is 0 Å². The molecular formula is C14H16F3OS+. The number of alkyl halides is 3. The van der Waals surface area contributed by atoms with Crippen molar-refractivity contribution < 1.29 is 18.0 Å². The van der Waals surface area contributed by atoms with E-state index in [0.29, 0.717) is 10.5 Å². The molecule has 104 valence electrons. The van der Waals surface area contributed by atoms with Crippen molar-refractivity contribution in [2.24, 2.45) is 0 Å². The van der Waals surface area contributed by atoms with E-state index in [2.05, 4.69) is 0 Å². The van der Waals surface area contributed by atoms with Gasteiger partial charge in [0.05, 0.1) is 5.57 Å². The molecule has 0 N–H and O–H groups in total. The molecule has 0 bridgehead atoms. The average molecular weight is 289 g/mol. The van der Waals surface area contributed by atoms with Crippen LogP contribution in [0.4, 0.5) is 13.2 Å². The number of Topliss-reactive ketones (excluding diaryl/α,β-unsaturated/α-hetero) is 1. The van der Waals surface area contributed by atoms with Gasteiger partial charge in [-0.3, -0.25) is 4.79 Å². The minimum atomic E-state index is -4.81. The molecule has 0 radical (unpaired) electrons. The summed E-state index contributed by atoms with van der Waals surface area (Å²) in [6.07, 6.45) is -1.10. The van der Waals surface area contributed by atoms with E-state index in [1.165, 1.54) is 0 Å². The van der Waals surface area contributed by atoms with Gasteiger partial charge >= 0.3 is 6.18 Å². The minimum absolute atomic E-state index is 0.0771. The predicted octanol–water partition coefficient (Wildman–Crippen LogP) is 3.82. The Labute approximate surface area is 113 Å². The topological polar surface area (TPSA) is 17.1 Å². The van der Waals surface area contributed by atoms with Crippen molar-refractivity contribution >= 4 is 21.6 Å². The molecule has 0 spiro atoms. The maximum atomic E-state index is 12.6. The summed E-state index contributed by atoms with van der Waals surface area (Å²) in [5.74, 6) is -1.73. The zero-order valence-electron chi connectivity index (χ0n) is 11.0. The zero-order valence-corrected chi connectivity index (χ0v) is 11.9. The quantitative estimate of drug-likeness (QED) is 0.608. The molecule has 1 aromatic rings. The minimum Gasteiger partial charge on any atom is -0.284 e. The monoisotopic (exact) mass is 289 g/mol. The SMILES string of the molecule is CC/C(C(=O)C(F)(F)F)=C(\c1ccccc1)[S+](C)C. The van der Waals surface area contributed by atoms with E-state index in [9.17, 15) is 18.0 Å². The van der Waals surface area contributed by atoms with Gasteiger partial charge in [0, 0.05) is 16.5 Å². The third kappa shape index (κ3) is 3.86. The van der Waals surface area contributed by atoms with Crippen molar-refractivity contribution in [3.05, 3.63) is 41.5 Å². The van der Waals surface area contributed by atoms with Crippen molar-refractivity contribution in [1.82, 2.24) is 0 Å². The molecule has 1 nitrogen and oxygen atoms in total. The van der Waals surface area contributed by atoms with Crippen LogP contribution in [0.15, 0.2) is 35.9 Å². The number of ketones is 1. The molecule has 0 saturated heterocycles. The molecule has 0 aliphatic heterocycles. The summed E-state index contributed by atoms with van der Waals surface area (Å²) in [5, 5.41) is 0. The van der Waals surface area contributed by atoms with Crippen LogP contribution in [0.2, 0.25) is 0 Å². The summed E-state index contributed by atoms with van der Waals surface area (Å²) in [7, 11) is -0.431. The summed E-state index contributed by atoms with van der Waals surface area (Å²) < 4.78 is 37.9. The van der Waals surface area contributed by atoms with E-state index in [0.717, 1.165) is 0 Å². The van der Waals surface area contributed by atoms with Crippen LogP contribution in [0.1, 0.15) is 18.9 Å². The molecule has 0 amide bonds. The second-order valence-corrected chi connectivity index (χ2v) is 6.21. The summed E-state index contributed by atoms with van der Waals surface area (Å²) in [6.45, 7) is 1.58. The molecule has 0 aliphatic rings. The smallest absolute Gasteiger partial charge is 0.284 e. The molecule has 0 unspecified atom stereocenters. The van der Waals surface area contributed by atoms with Gasteiger partial charge in [0.2, 0.25) is 0 Å². The lowest BCUT2D eigenvalue weighted by Gasteiger charge is -2.12. The lowest BCUT2D eigenvalue weighted by Crippen LogP contribution is -2.26. The first-order chi connectivity index (χ1) is 8.79. The molecule has 0 saturated carbocycles. The van der Waals surface area contributed by atoms with Crippen molar-refractivity contribution in [3.8, 4) is 0 Å². The van der Waals surface area contributed by atoms with Crippen LogP contribution in [-0.2, 0) is 15.7 Å². The van der Waals surface area contributed by atoms with Gasteiger partial charge in [-0.05, 0) is 18.6 Å². The molecule has 5 heteroatoms. The fourth-order valence-electron chi connectivity index (χ4n) is 1.84. The number of carbonyl (C=O) groups is 1. The van der Waals surface area contributed by atoms with Crippen LogP contribution in [0.25, 0.3) is 4.91 Å². The van der Waals surface area contributed by atoms with Gasteiger partial charge < -0.3 is 0 Å². The molecule has 1 aromatic carbocycles. The molecule has 1 rings (SSSR count). The number of benzene rings is 1. The van der Waals surface area contributed by atoms with Gasteiger partial charge in [0.25, 0.3) is 5.78 Å². The molecule has 0 fully saturated rings. The van der Waals surface area contributed by atoms with Gasteiger partial charge in [0.1, 0.15) is 12.5 Å². The fraction of sp³-hybridized carbons (Fsp3) is 0.357. The van der Waals surface area contributed by atoms with E-state index in [1.54, 1.807) is 37.3 Å². The summed E-state index contributed by atoms with van der Waals surface area (Å²) in [4.78, 5) is 12.0. The van der Waals surface area contributed by atoms with Crippen molar-refractivity contribution in [3.63, 3.8) is 0 Å². The highest BCUT2D eigenvalue weighted by Crippen LogP contribution is 2.31. The van der Waals surface area contributed by atoms with Gasteiger partial charge in [-0.2, -0.15) is 13.2 Å². The van der Waals surface area contributed by atoms with Crippen molar-refractivity contribution in [2.75, 3.05) is 12.5 Å². The Morgan fingerprint density at radius 1 is 1.16 bits per heavy atom. The molecule has 0 heterocycles. The Balaban J connectivity index is 3.43. The average Bonchev–Trinajstić information content (AvgIpc) is 2.34. The molecule has 0 aliphatic carbocycles. The Bertz CT molecular complexity index is 475. The summed E-state index contributed by atoms with van der Waals surface area (Å²) >= 11 is 0. The second kappa shape index (κ2) is 6.28. The molecule has 0 atom stereocenters. The maximum absolute atomic E-state index is 12.6. The van der Waals surface area contributed by atoms with Crippen LogP contribution in [0.5, 0.6) is 0 Å². The summed E-state index contributed by atoms with van der Waals surface area (Å²) in [6, 6.07) is 8.78. The number of carbonyl (C=O) groups excluding carboxylic acids is 1. The Kier molecular flexibility index (Phi) is 5.23. The lowest BCUT2D eigenvalue weighted by atomic mass is 10.0. The third-order valence-electron chi connectivity index (χ3n) is 2.60. The van der Waals surface area contributed by atoms with E-state index in [-0.39, 0.29) is 12.0 Å². The first-order valence-electron chi connectivity index (χ1n) is 5.76. The predicted molar refractivity (Wildman–Crippen MR) is 73.9 cm³/mol. The van der Waals surface area contributed by atoms with Gasteiger partial charge in [-0.15, -0.1) is 0 Å². The van der Waals surface area contributed by atoms with Crippen molar-refractivity contribution in [2.45, 2.75) is 19.5 Å². The molecular weight excluding hydrogens is 273 g/mol. The number of hydrogen-bond acceptors (Lipinski definition) is 1. The van der Waals surface area contributed by atoms with Crippen molar-refractivity contribution in [1.29, 1.82) is 0 Å². The zero-order chi connectivity index (χ0) is 14.6. The standard InChI is InChI=1S/C14H16F3OS/c1-4-11(13(18)14(15,16)17)12(19(2)3)10-8-6-5-7-9-10/h5-9H,4H2,1-3H3/q+1/b12-11-. The van der Waals surface area contributed by atoms with Crippen LogP contribution in [-0.4, -0.2) is 24.5 Å². The van der Waals surface area contributed by atoms with Crippen LogP contribution in [0.3, 0.4) is 0 Å². The number of rotatable bonds is 4. The van der Waals surface area contributed by atoms with Gasteiger partial charge in [-0.1, -0.05) is 25.1 Å². The highest BCUT2D eigenvalue weighted by molar-refractivity contribution is 8.04. The lowest BCUT2D eigenvalue weighted by molar-refractivity contribution is -0.166. The van der Waals surface area contributed by atoms with E-state index in [1.807, 2.05) is 12.5 Å². The van der Waals surface area contributed by atoms with E-state index in [4.69, 9.17) is 0 Å². The highest BCUT2D eigenvalue weighted by Gasteiger charge is 2.43. The first kappa shape index (κ1) is 15.8. The van der Waals surface area contributed by atoms with Crippen LogP contribution < -0.4 is 0 Å². The normalized spacial score (nSPS) is 13.4. The summed E-state index contributed by atoms with van der Waals surface area (Å²) in [5.41, 5.74) is 0.553. The van der Waals surface area contributed by atoms with Gasteiger partial charge in [-0.25, -0.2) is 0 Å².